The van der Waals surface area contributed by atoms with Gasteiger partial charge in [0.05, 0.1) is 6.54 Å². The van der Waals surface area contributed by atoms with Crippen molar-refractivity contribution in [3.8, 4) is 0 Å². The van der Waals surface area contributed by atoms with Crippen molar-refractivity contribution < 1.29 is 4.79 Å². The highest BCUT2D eigenvalue weighted by molar-refractivity contribution is 5.92. The summed E-state index contributed by atoms with van der Waals surface area (Å²) in [7, 11) is 0. The SMILES string of the molecule is Cc1cccc(NC(=O)Cn2c(=O)n(Cc3ccccc3)c(=O)c3nccnc32)c1C. The quantitative estimate of drug-likeness (QED) is 0.539. The standard InChI is InChI=1S/C23H21N5O3/c1-15-7-6-10-18(16(15)2)26-19(29)14-27-21-20(24-11-12-25-21)22(30)28(23(27)31)13-17-8-4-3-5-9-17/h3-12H,13-14H2,1-2H3,(H,26,29). The van der Waals surface area contributed by atoms with Crippen LogP contribution in [0.25, 0.3) is 11.2 Å². The van der Waals surface area contributed by atoms with Crippen molar-refractivity contribution in [3.63, 3.8) is 0 Å². The molecule has 0 bridgehead atoms. The molecule has 4 rings (SSSR count). The van der Waals surface area contributed by atoms with Crippen LogP contribution in [0.3, 0.4) is 0 Å². The lowest BCUT2D eigenvalue weighted by molar-refractivity contribution is -0.116. The molecule has 156 valence electrons. The van der Waals surface area contributed by atoms with Crippen LogP contribution in [-0.2, 0) is 17.9 Å². The van der Waals surface area contributed by atoms with Gasteiger partial charge in [0, 0.05) is 18.1 Å². The van der Waals surface area contributed by atoms with Crippen LogP contribution in [0.5, 0.6) is 0 Å². The van der Waals surface area contributed by atoms with Crippen molar-refractivity contribution in [2.45, 2.75) is 26.9 Å². The zero-order chi connectivity index (χ0) is 22.0. The van der Waals surface area contributed by atoms with Crippen molar-refractivity contribution in [2.75, 3.05) is 5.32 Å². The Morgan fingerprint density at radius 1 is 0.935 bits per heavy atom. The van der Waals surface area contributed by atoms with Crippen LogP contribution in [0.15, 0.2) is 70.5 Å². The number of benzene rings is 2. The van der Waals surface area contributed by atoms with E-state index < -0.39 is 17.2 Å². The van der Waals surface area contributed by atoms with Crippen LogP contribution >= 0.6 is 0 Å². The molecule has 0 radical (unpaired) electrons. The average Bonchev–Trinajstić information content (AvgIpc) is 2.78. The van der Waals surface area contributed by atoms with Crippen LogP contribution in [0.4, 0.5) is 5.69 Å². The minimum absolute atomic E-state index is 0.0394. The second-order valence-corrected chi connectivity index (χ2v) is 7.27. The number of fused-ring (bicyclic) bond motifs is 1. The second kappa shape index (κ2) is 8.35. The Morgan fingerprint density at radius 2 is 1.68 bits per heavy atom. The molecule has 0 saturated heterocycles. The highest BCUT2D eigenvalue weighted by Crippen LogP contribution is 2.18. The largest absolute Gasteiger partial charge is 0.333 e. The van der Waals surface area contributed by atoms with Gasteiger partial charge in [-0.05, 0) is 36.6 Å². The third-order valence-electron chi connectivity index (χ3n) is 5.21. The summed E-state index contributed by atoms with van der Waals surface area (Å²) >= 11 is 0. The number of amides is 1. The molecule has 0 unspecified atom stereocenters. The van der Waals surface area contributed by atoms with E-state index in [0.29, 0.717) is 5.69 Å². The van der Waals surface area contributed by atoms with Crippen molar-refractivity contribution >= 4 is 22.8 Å². The van der Waals surface area contributed by atoms with Crippen LogP contribution < -0.4 is 16.6 Å². The lowest BCUT2D eigenvalue weighted by Crippen LogP contribution is -2.42. The first-order valence-electron chi connectivity index (χ1n) is 9.80. The van der Waals surface area contributed by atoms with Gasteiger partial charge in [-0.15, -0.1) is 0 Å². The van der Waals surface area contributed by atoms with Crippen LogP contribution in [0.1, 0.15) is 16.7 Å². The summed E-state index contributed by atoms with van der Waals surface area (Å²) in [4.78, 5) is 47.2. The van der Waals surface area contributed by atoms with Gasteiger partial charge in [-0.25, -0.2) is 14.8 Å². The summed E-state index contributed by atoms with van der Waals surface area (Å²) in [6, 6.07) is 14.8. The molecule has 0 aliphatic heterocycles. The molecule has 0 atom stereocenters. The molecule has 1 N–H and O–H groups in total. The molecule has 2 heterocycles. The molecule has 2 aromatic carbocycles. The van der Waals surface area contributed by atoms with E-state index in [9.17, 15) is 14.4 Å². The number of aromatic nitrogens is 4. The minimum Gasteiger partial charge on any atom is -0.324 e. The van der Waals surface area contributed by atoms with E-state index in [4.69, 9.17) is 0 Å². The van der Waals surface area contributed by atoms with Gasteiger partial charge in [0.1, 0.15) is 6.54 Å². The van der Waals surface area contributed by atoms with E-state index in [1.165, 1.54) is 17.0 Å². The monoisotopic (exact) mass is 415 g/mol. The maximum Gasteiger partial charge on any atom is 0.333 e. The summed E-state index contributed by atoms with van der Waals surface area (Å²) in [6.07, 6.45) is 2.78. The number of rotatable bonds is 5. The Kier molecular flexibility index (Phi) is 5.44. The predicted octanol–water partition coefficient (Wildman–Crippen LogP) is 2.26. The molecular weight excluding hydrogens is 394 g/mol. The number of hydrogen-bond acceptors (Lipinski definition) is 5. The second-order valence-electron chi connectivity index (χ2n) is 7.27. The molecule has 1 amide bonds. The molecular formula is C23H21N5O3. The Hall–Kier alpha value is -4.07. The molecule has 0 saturated carbocycles. The molecule has 8 heteroatoms. The fourth-order valence-corrected chi connectivity index (χ4v) is 3.40. The number of nitrogens with one attached hydrogen (secondary N) is 1. The number of hydrogen-bond donors (Lipinski definition) is 1. The molecule has 0 aliphatic rings. The van der Waals surface area contributed by atoms with Gasteiger partial charge >= 0.3 is 5.69 Å². The smallest absolute Gasteiger partial charge is 0.324 e. The molecule has 0 aliphatic carbocycles. The summed E-state index contributed by atoms with van der Waals surface area (Å²) < 4.78 is 2.27. The lowest BCUT2D eigenvalue weighted by atomic mass is 10.1. The summed E-state index contributed by atoms with van der Waals surface area (Å²) in [5.41, 5.74) is 2.42. The van der Waals surface area contributed by atoms with E-state index in [0.717, 1.165) is 21.3 Å². The first-order valence-corrected chi connectivity index (χ1v) is 9.80. The molecule has 8 nitrogen and oxygen atoms in total. The van der Waals surface area contributed by atoms with E-state index >= 15 is 0 Å². The number of carbonyl (C=O) groups excluding carboxylic acids is 1. The van der Waals surface area contributed by atoms with Crippen LogP contribution in [-0.4, -0.2) is 25.0 Å². The van der Waals surface area contributed by atoms with E-state index in [1.54, 1.807) is 6.07 Å². The van der Waals surface area contributed by atoms with Gasteiger partial charge in [0.2, 0.25) is 5.91 Å². The Morgan fingerprint density at radius 3 is 2.45 bits per heavy atom. The average molecular weight is 415 g/mol. The summed E-state index contributed by atoms with van der Waals surface area (Å²) in [6.45, 7) is 3.65. The minimum atomic E-state index is -0.613. The maximum absolute atomic E-state index is 13.2. The molecule has 0 fully saturated rings. The summed E-state index contributed by atoms with van der Waals surface area (Å²) in [5.74, 6) is -0.396. The zero-order valence-electron chi connectivity index (χ0n) is 17.2. The van der Waals surface area contributed by atoms with Crippen LogP contribution in [0.2, 0.25) is 0 Å². The number of nitrogens with zero attached hydrogens (tertiary/aromatic N) is 4. The van der Waals surface area contributed by atoms with Gasteiger partial charge in [0.25, 0.3) is 5.56 Å². The molecule has 0 spiro atoms. The van der Waals surface area contributed by atoms with Crippen molar-refractivity contribution in [1.29, 1.82) is 0 Å². The van der Waals surface area contributed by atoms with Gasteiger partial charge in [-0.3, -0.25) is 18.7 Å². The highest BCUT2D eigenvalue weighted by Gasteiger charge is 2.18. The van der Waals surface area contributed by atoms with E-state index in [-0.39, 0.29) is 24.3 Å². The Labute approximate surface area is 177 Å². The maximum atomic E-state index is 13.2. The zero-order valence-corrected chi connectivity index (χ0v) is 17.2. The molecule has 2 aromatic heterocycles. The first-order chi connectivity index (χ1) is 15.0. The van der Waals surface area contributed by atoms with Crippen LogP contribution in [0, 0.1) is 13.8 Å². The Bertz CT molecular complexity index is 1390. The first kappa shape index (κ1) is 20.2. The number of aryl methyl sites for hydroxylation is 1. The normalized spacial score (nSPS) is 10.9. The highest BCUT2D eigenvalue weighted by atomic mass is 16.2. The fourth-order valence-electron chi connectivity index (χ4n) is 3.40. The number of anilines is 1. The Balaban J connectivity index is 1.76. The molecule has 4 aromatic rings. The van der Waals surface area contributed by atoms with E-state index in [1.807, 2.05) is 56.3 Å². The summed E-state index contributed by atoms with van der Waals surface area (Å²) in [5, 5.41) is 2.84. The third-order valence-corrected chi connectivity index (χ3v) is 5.21. The van der Waals surface area contributed by atoms with Gasteiger partial charge in [0.15, 0.2) is 11.2 Å². The van der Waals surface area contributed by atoms with Crippen molar-refractivity contribution in [3.05, 3.63) is 98.5 Å². The van der Waals surface area contributed by atoms with Crippen molar-refractivity contribution in [2.24, 2.45) is 0 Å². The van der Waals surface area contributed by atoms with E-state index in [2.05, 4.69) is 15.3 Å². The predicted molar refractivity (Wildman–Crippen MR) is 118 cm³/mol. The topological polar surface area (TPSA) is 98.9 Å². The van der Waals surface area contributed by atoms with Gasteiger partial charge < -0.3 is 5.32 Å². The molecule has 31 heavy (non-hydrogen) atoms. The third kappa shape index (κ3) is 4.00. The number of carbonyl (C=O) groups is 1. The fraction of sp³-hybridized carbons (Fsp3) is 0.174. The lowest BCUT2D eigenvalue weighted by Gasteiger charge is -2.14. The van der Waals surface area contributed by atoms with Crippen molar-refractivity contribution in [1.82, 2.24) is 19.1 Å². The van der Waals surface area contributed by atoms with Gasteiger partial charge in [-0.2, -0.15) is 0 Å². The van der Waals surface area contributed by atoms with Gasteiger partial charge in [-0.1, -0.05) is 42.5 Å².